The smallest absolute Gasteiger partial charge is 0.330 e. The Morgan fingerprint density at radius 1 is 1.53 bits per heavy atom. The summed E-state index contributed by atoms with van der Waals surface area (Å²) in [6.07, 6.45) is 8.42. The fourth-order valence-corrected chi connectivity index (χ4v) is 2.06. The third kappa shape index (κ3) is 2.33. The molecule has 0 unspecified atom stereocenters. The molecule has 4 heteroatoms. The van der Waals surface area contributed by atoms with Gasteiger partial charge in [0.05, 0.1) is 0 Å². The van der Waals surface area contributed by atoms with Gasteiger partial charge in [-0.2, -0.15) is 0 Å². The van der Waals surface area contributed by atoms with Crippen LogP contribution in [0.3, 0.4) is 0 Å². The molecule has 4 nitrogen and oxygen atoms in total. The molecule has 0 aromatic heterocycles. The third-order valence-electron chi connectivity index (χ3n) is 2.71. The highest BCUT2D eigenvalue weighted by atomic mass is 16.8. The third-order valence-corrected chi connectivity index (χ3v) is 2.71. The summed E-state index contributed by atoms with van der Waals surface area (Å²) in [7, 11) is 0. The first-order chi connectivity index (χ1) is 7.97. The van der Waals surface area contributed by atoms with Crippen molar-refractivity contribution in [2.75, 3.05) is 6.61 Å². The van der Waals surface area contributed by atoms with Crippen LogP contribution in [-0.4, -0.2) is 30.1 Å². The molecule has 0 spiro atoms. The van der Waals surface area contributed by atoms with E-state index in [0.717, 1.165) is 6.08 Å². The molecule has 2 rings (SSSR count). The lowest BCUT2D eigenvalue weighted by molar-refractivity contribution is -0.168. The van der Waals surface area contributed by atoms with Crippen LogP contribution in [0.4, 0.5) is 0 Å². The second kappa shape index (κ2) is 4.13. The van der Waals surface area contributed by atoms with Crippen LogP contribution in [0.2, 0.25) is 0 Å². The maximum absolute atomic E-state index is 11.1. The van der Waals surface area contributed by atoms with Gasteiger partial charge >= 0.3 is 5.97 Å². The number of hydrogen-bond acceptors (Lipinski definition) is 4. The van der Waals surface area contributed by atoms with Crippen molar-refractivity contribution in [3.05, 3.63) is 37.0 Å². The van der Waals surface area contributed by atoms with Crippen molar-refractivity contribution in [3.8, 4) is 0 Å². The van der Waals surface area contributed by atoms with Crippen molar-refractivity contribution in [1.29, 1.82) is 0 Å². The van der Waals surface area contributed by atoms with E-state index in [1.54, 1.807) is 0 Å². The Labute approximate surface area is 101 Å². The average Bonchev–Trinajstić information content (AvgIpc) is 2.56. The number of carbonyl (C=O) groups excluding carboxylic acids is 1. The Morgan fingerprint density at radius 3 is 3.00 bits per heavy atom. The van der Waals surface area contributed by atoms with E-state index in [-0.39, 0.29) is 12.7 Å². The number of ether oxygens (including phenoxy) is 3. The van der Waals surface area contributed by atoms with E-state index in [1.165, 1.54) is 0 Å². The van der Waals surface area contributed by atoms with Gasteiger partial charge < -0.3 is 14.2 Å². The first-order valence-electron chi connectivity index (χ1n) is 5.51. The average molecular weight is 236 g/mol. The number of fused-ring (bicyclic) bond motifs is 1. The van der Waals surface area contributed by atoms with Crippen molar-refractivity contribution in [2.45, 2.75) is 31.3 Å². The van der Waals surface area contributed by atoms with Crippen LogP contribution < -0.4 is 0 Å². The summed E-state index contributed by atoms with van der Waals surface area (Å²) in [5, 5.41) is 0. The van der Waals surface area contributed by atoms with Gasteiger partial charge in [0.2, 0.25) is 0 Å². The fraction of sp³-hybridized carbons (Fsp3) is 0.462. The predicted molar refractivity (Wildman–Crippen MR) is 62.2 cm³/mol. The van der Waals surface area contributed by atoms with E-state index in [9.17, 15) is 4.79 Å². The number of rotatable bonds is 3. The van der Waals surface area contributed by atoms with Gasteiger partial charge in [-0.05, 0) is 19.9 Å². The van der Waals surface area contributed by atoms with Crippen LogP contribution in [0.5, 0.6) is 0 Å². The topological polar surface area (TPSA) is 44.8 Å². The maximum atomic E-state index is 11.1. The van der Waals surface area contributed by atoms with Crippen LogP contribution in [0.1, 0.15) is 13.8 Å². The van der Waals surface area contributed by atoms with Crippen LogP contribution in [0, 0.1) is 0 Å². The van der Waals surface area contributed by atoms with Gasteiger partial charge in [-0.1, -0.05) is 24.8 Å². The molecule has 2 aliphatic rings. The van der Waals surface area contributed by atoms with Crippen LogP contribution in [-0.2, 0) is 19.0 Å². The van der Waals surface area contributed by atoms with Gasteiger partial charge in [-0.25, -0.2) is 4.79 Å². The van der Waals surface area contributed by atoms with E-state index in [2.05, 4.69) is 6.58 Å². The van der Waals surface area contributed by atoms with Crippen molar-refractivity contribution in [2.24, 2.45) is 0 Å². The van der Waals surface area contributed by atoms with E-state index < -0.39 is 17.4 Å². The van der Waals surface area contributed by atoms with Gasteiger partial charge in [-0.15, -0.1) is 0 Å². The molecule has 1 saturated heterocycles. The van der Waals surface area contributed by atoms with Crippen molar-refractivity contribution < 1.29 is 19.0 Å². The summed E-state index contributed by atoms with van der Waals surface area (Å²) in [4.78, 5) is 11.1. The molecule has 0 amide bonds. The van der Waals surface area contributed by atoms with Crippen LogP contribution in [0.25, 0.3) is 0 Å². The van der Waals surface area contributed by atoms with Gasteiger partial charge in [0.15, 0.2) is 11.4 Å². The van der Waals surface area contributed by atoms with Crippen molar-refractivity contribution in [3.63, 3.8) is 0 Å². The largest absolute Gasteiger partial charge is 0.459 e. The molecule has 1 aliphatic heterocycles. The van der Waals surface area contributed by atoms with Crippen molar-refractivity contribution in [1.82, 2.24) is 0 Å². The normalized spacial score (nSPS) is 33.2. The van der Waals surface area contributed by atoms with E-state index in [1.807, 2.05) is 38.2 Å². The van der Waals surface area contributed by atoms with E-state index in [4.69, 9.17) is 14.2 Å². The monoisotopic (exact) mass is 236 g/mol. The molecule has 0 N–H and O–H groups in total. The molecule has 0 saturated carbocycles. The van der Waals surface area contributed by atoms with E-state index >= 15 is 0 Å². The Kier molecular flexibility index (Phi) is 2.93. The Hall–Kier alpha value is -1.39. The minimum Gasteiger partial charge on any atom is -0.459 e. The highest BCUT2D eigenvalue weighted by Crippen LogP contribution is 2.40. The molecular weight excluding hydrogens is 220 g/mol. The maximum Gasteiger partial charge on any atom is 0.330 e. The number of carbonyl (C=O) groups is 1. The minimum atomic E-state index is -0.725. The quantitative estimate of drug-likeness (QED) is 0.553. The molecule has 0 bridgehead atoms. The molecule has 0 aromatic carbocycles. The van der Waals surface area contributed by atoms with Gasteiger partial charge in [0, 0.05) is 6.08 Å². The Morgan fingerprint density at radius 2 is 2.29 bits per heavy atom. The molecule has 0 aromatic rings. The second-order valence-electron chi connectivity index (χ2n) is 4.55. The van der Waals surface area contributed by atoms with Crippen molar-refractivity contribution >= 4 is 5.97 Å². The summed E-state index contributed by atoms with van der Waals surface area (Å²) in [5.41, 5.74) is -0.725. The molecule has 2 atom stereocenters. The summed E-state index contributed by atoms with van der Waals surface area (Å²) in [6, 6.07) is 0. The first kappa shape index (κ1) is 12.1. The molecule has 92 valence electrons. The Bertz CT molecular complexity index is 394. The molecule has 1 aliphatic carbocycles. The Balaban J connectivity index is 2.15. The highest BCUT2D eigenvalue weighted by molar-refractivity contribution is 5.81. The zero-order valence-corrected chi connectivity index (χ0v) is 10.0. The van der Waals surface area contributed by atoms with E-state index in [0.29, 0.717) is 0 Å². The molecule has 0 radical (unpaired) electrons. The zero-order valence-electron chi connectivity index (χ0n) is 10.0. The fourth-order valence-electron chi connectivity index (χ4n) is 2.06. The number of allylic oxidation sites excluding steroid dienone is 2. The molecular formula is C13H16O4. The number of esters is 1. The standard InChI is InChI=1S/C13H16O4/c1-4-11(14)15-9-13-8-6-5-7-10(13)16-12(2,3)17-13/h4-8,10H,1,9H2,2-3H3/t10-,13-/m1/s1. The van der Waals surface area contributed by atoms with Gasteiger partial charge in [-0.3, -0.25) is 0 Å². The lowest BCUT2D eigenvalue weighted by atomic mass is 9.93. The van der Waals surface area contributed by atoms with Crippen LogP contribution in [0.15, 0.2) is 37.0 Å². The zero-order chi connectivity index (χ0) is 12.5. The molecule has 1 heterocycles. The summed E-state index contributed by atoms with van der Waals surface area (Å²) >= 11 is 0. The second-order valence-corrected chi connectivity index (χ2v) is 4.55. The first-order valence-corrected chi connectivity index (χ1v) is 5.51. The molecule has 1 fully saturated rings. The SMILES string of the molecule is C=CC(=O)OC[C@]12C=CC=C[C@H]1OC(C)(C)O2. The lowest BCUT2D eigenvalue weighted by Gasteiger charge is -2.29. The molecule has 17 heavy (non-hydrogen) atoms. The minimum absolute atomic E-state index is 0.118. The van der Waals surface area contributed by atoms with Crippen LogP contribution >= 0.6 is 0 Å². The summed E-state index contributed by atoms with van der Waals surface area (Å²) in [6.45, 7) is 7.15. The highest BCUT2D eigenvalue weighted by Gasteiger charge is 2.52. The van der Waals surface area contributed by atoms with Gasteiger partial charge in [0.1, 0.15) is 12.7 Å². The summed E-state index contributed by atoms with van der Waals surface area (Å²) < 4.78 is 16.7. The number of hydrogen-bond donors (Lipinski definition) is 0. The van der Waals surface area contributed by atoms with Gasteiger partial charge in [0.25, 0.3) is 0 Å². The summed E-state index contributed by atoms with van der Waals surface area (Å²) in [5.74, 6) is -1.15. The lowest BCUT2D eigenvalue weighted by Crippen LogP contribution is -2.43. The predicted octanol–water partition coefficient (Wildman–Crippen LogP) is 1.73.